The molecule has 28 heavy (non-hydrogen) atoms. The molecule has 3 rings (SSSR count). The molecule has 3 aromatic rings. The number of methoxy groups -OCH3 is 1. The Morgan fingerprint density at radius 1 is 1.36 bits per heavy atom. The second-order valence-corrected chi connectivity index (χ2v) is 8.52. The standard InChI is InChI=1S/C20H23N3O3S2/c1-6-15-12(2)17-18(28-15)21-20(27-11-16(24)22(3)4)23(19(17)25)13-8-7-9-14(10-13)26-5/h7-10H,6,11H2,1-5H3. The number of aryl methyl sites for hydroxylation is 2. The van der Waals surface area contributed by atoms with Gasteiger partial charge in [0.1, 0.15) is 10.6 Å². The predicted molar refractivity (Wildman–Crippen MR) is 115 cm³/mol. The summed E-state index contributed by atoms with van der Waals surface area (Å²) in [5, 5.41) is 1.15. The number of amides is 1. The van der Waals surface area contributed by atoms with Crippen LogP contribution in [0.5, 0.6) is 5.75 Å². The van der Waals surface area contributed by atoms with Gasteiger partial charge in [0.15, 0.2) is 5.16 Å². The molecule has 0 radical (unpaired) electrons. The van der Waals surface area contributed by atoms with Crippen LogP contribution in [0.4, 0.5) is 0 Å². The van der Waals surface area contributed by atoms with Crippen LogP contribution in [0.1, 0.15) is 17.4 Å². The maximum atomic E-state index is 13.5. The van der Waals surface area contributed by atoms with Gasteiger partial charge in [0.25, 0.3) is 5.56 Å². The number of benzene rings is 1. The number of fused-ring (bicyclic) bond motifs is 1. The zero-order valence-electron chi connectivity index (χ0n) is 16.6. The van der Waals surface area contributed by atoms with Crippen molar-refractivity contribution < 1.29 is 9.53 Å². The Labute approximate surface area is 172 Å². The summed E-state index contributed by atoms with van der Waals surface area (Å²) in [4.78, 5) is 33.7. The monoisotopic (exact) mass is 417 g/mol. The largest absolute Gasteiger partial charge is 0.497 e. The van der Waals surface area contributed by atoms with Gasteiger partial charge in [-0.2, -0.15) is 0 Å². The Kier molecular flexibility index (Phi) is 6.10. The van der Waals surface area contributed by atoms with E-state index >= 15 is 0 Å². The molecule has 0 atom stereocenters. The number of ether oxygens (including phenoxy) is 1. The van der Waals surface area contributed by atoms with Crippen LogP contribution in [0.15, 0.2) is 34.2 Å². The van der Waals surface area contributed by atoms with E-state index in [1.807, 2.05) is 25.1 Å². The van der Waals surface area contributed by atoms with E-state index in [0.29, 0.717) is 22.0 Å². The van der Waals surface area contributed by atoms with Crippen LogP contribution in [-0.4, -0.2) is 47.3 Å². The normalized spacial score (nSPS) is 11.0. The van der Waals surface area contributed by atoms with Crippen LogP contribution in [0.25, 0.3) is 15.9 Å². The lowest BCUT2D eigenvalue weighted by Crippen LogP contribution is -2.25. The number of hydrogen-bond acceptors (Lipinski definition) is 6. The number of carbonyl (C=O) groups is 1. The van der Waals surface area contributed by atoms with Gasteiger partial charge in [-0.3, -0.25) is 14.2 Å². The first-order valence-corrected chi connectivity index (χ1v) is 10.7. The molecule has 1 amide bonds. The van der Waals surface area contributed by atoms with E-state index in [4.69, 9.17) is 9.72 Å². The zero-order valence-corrected chi connectivity index (χ0v) is 18.2. The Morgan fingerprint density at radius 2 is 2.11 bits per heavy atom. The number of aromatic nitrogens is 2. The number of hydrogen-bond donors (Lipinski definition) is 0. The van der Waals surface area contributed by atoms with Crippen LogP contribution in [-0.2, 0) is 11.2 Å². The Balaban J connectivity index is 2.23. The average Bonchev–Trinajstić information content (AvgIpc) is 3.01. The summed E-state index contributed by atoms with van der Waals surface area (Å²) >= 11 is 2.82. The van der Waals surface area contributed by atoms with Crippen molar-refractivity contribution in [2.45, 2.75) is 25.4 Å². The lowest BCUT2D eigenvalue weighted by atomic mass is 10.2. The van der Waals surface area contributed by atoms with Crippen LogP contribution < -0.4 is 10.3 Å². The SMILES string of the molecule is CCc1sc2nc(SCC(=O)N(C)C)n(-c3cccc(OC)c3)c(=O)c2c1C. The van der Waals surface area contributed by atoms with Gasteiger partial charge < -0.3 is 9.64 Å². The molecule has 0 bridgehead atoms. The summed E-state index contributed by atoms with van der Waals surface area (Å²) < 4.78 is 6.90. The van der Waals surface area contributed by atoms with E-state index < -0.39 is 0 Å². The summed E-state index contributed by atoms with van der Waals surface area (Å²) in [6, 6.07) is 7.31. The average molecular weight is 418 g/mol. The number of thioether (sulfide) groups is 1. The molecular formula is C20H23N3O3S2. The van der Waals surface area contributed by atoms with Gasteiger partial charge in [0, 0.05) is 25.0 Å². The van der Waals surface area contributed by atoms with Crippen molar-refractivity contribution in [3.05, 3.63) is 45.1 Å². The number of thiophene rings is 1. The Morgan fingerprint density at radius 3 is 2.75 bits per heavy atom. The van der Waals surface area contributed by atoms with E-state index in [9.17, 15) is 9.59 Å². The molecule has 0 saturated carbocycles. The molecule has 2 heterocycles. The first kappa shape index (κ1) is 20.4. The van der Waals surface area contributed by atoms with Crippen molar-refractivity contribution in [3.63, 3.8) is 0 Å². The molecule has 0 fully saturated rings. The summed E-state index contributed by atoms with van der Waals surface area (Å²) in [6.07, 6.45) is 0.854. The Bertz CT molecular complexity index is 1090. The van der Waals surface area contributed by atoms with Crippen LogP contribution in [0.3, 0.4) is 0 Å². The Hall–Kier alpha value is -2.32. The minimum absolute atomic E-state index is 0.0341. The highest BCUT2D eigenvalue weighted by Gasteiger charge is 2.20. The van der Waals surface area contributed by atoms with E-state index in [-0.39, 0.29) is 17.2 Å². The van der Waals surface area contributed by atoms with Gasteiger partial charge in [0.2, 0.25) is 5.91 Å². The quantitative estimate of drug-likeness (QED) is 0.454. The predicted octanol–water partition coefficient (Wildman–Crippen LogP) is 3.51. The van der Waals surface area contributed by atoms with Crippen LogP contribution in [0.2, 0.25) is 0 Å². The maximum Gasteiger partial charge on any atom is 0.267 e. The van der Waals surface area contributed by atoms with Crippen molar-refractivity contribution in [2.24, 2.45) is 0 Å². The third kappa shape index (κ3) is 3.79. The van der Waals surface area contributed by atoms with Gasteiger partial charge >= 0.3 is 0 Å². The third-order valence-electron chi connectivity index (χ3n) is 4.49. The summed E-state index contributed by atoms with van der Waals surface area (Å²) in [7, 11) is 5.01. The topological polar surface area (TPSA) is 64.4 Å². The molecule has 0 saturated heterocycles. The number of rotatable bonds is 6. The fourth-order valence-corrected chi connectivity index (χ4v) is 5.03. The summed E-state index contributed by atoms with van der Waals surface area (Å²) in [5.41, 5.74) is 1.53. The minimum atomic E-state index is -0.119. The minimum Gasteiger partial charge on any atom is -0.497 e. The molecule has 8 heteroatoms. The van der Waals surface area contributed by atoms with Crippen LogP contribution >= 0.6 is 23.1 Å². The van der Waals surface area contributed by atoms with Gasteiger partial charge in [-0.15, -0.1) is 11.3 Å². The molecule has 0 aliphatic carbocycles. The lowest BCUT2D eigenvalue weighted by molar-refractivity contribution is -0.125. The molecular weight excluding hydrogens is 394 g/mol. The fraction of sp³-hybridized carbons (Fsp3) is 0.350. The first-order valence-electron chi connectivity index (χ1n) is 8.89. The molecule has 0 N–H and O–H groups in total. The van der Waals surface area contributed by atoms with E-state index in [2.05, 4.69) is 6.92 Å². The van der Waals surface area contributed by atoms with Crippen molar-refractivity contribution in [3.8, 4) is 11.4 Å². The van der Waals surface area contributed by atoms with Gasteiger partial charge in [-0.05, 0) is 31.0 Å². The summed E-state index contributed by atoms with van der Waals surface area (Å²) in [5.74, 6) is 0.828. The smallest absolute Gasteiger partial charge is 0.267 e. The maximum absolute atomic E-state index is 13.5. The third-order valence-corrected chi connectivity index (χ3v) is 6.74. The van der Waals surface area contributed by atoms with Gasteiger partial charge in [-0.25, -0.2) is 4.98 Å². The second-order valence-electron chi connectivity index (χ2n) is 6.50. The van der Waals surface area contributed by atoms with E-state index in [0.717, 1.165) is 21.7 Å². The molecule has 6 nitrogen and oxygen atoms in total. The first-order chi connectivity index (χ1) is 13.4. The molecule has 0 unspecified atom stereocenters. The molecule has 0 aliphatic rings. The number of carbonyl (C=O) groups excluding carboxylic acids is 1. The highest BCUT2D eigenvalue weighted by molar-refractivity contribution is 7.99. The van der Waals surface area contributed by atoms with Crippen molar-refractivity contribution in [2.75, 3.05) is 27.0 Å². The van der Waals surface area contributed by atoms with E-state index in [1.54, 1.807) is 43.2 Å². The van der Waals surface area contributed by atoms with Crippen molar-refractivity contribution in [1.29, 1.82) is 0 Å². The highest BCUT2D eigenvalue weighted by atomic mass is 32.2. The molecule has 0 spiro atoms. The lowest BCUT2D eigenvalue weighted by Gasteiger charge is -2.14. The van der Waals surface area contributed by atoms with Crippen molar-refractivity contribution in [1.82, 2.24) is 14.5 Å². The van der Waals surface area contributed by atoms with E-state index in [1.165, 1.54) is 16.7 Å². The fourth-order valence-electron chi connectivity index (χ4n) is 2.88. The van der Waals surface area contributed by atoms with Crippen molar-refractivity contribution >= 4 is 39.2 Å². The zero-order chi connectivity index (χ0) is 20.4. The molecule has 0 aliphatic heterocycles. The molecule has 1 aromatic carbocycles. The van der Waals surface area contributed by atoms with Gasteiger partial charge in [0.05, 0.1) is 23.9 Å². The second kappa shape index (κ2) is 8.36. The summed E-state index contributed by atoms with van der Waals surface area (Å²) in [6.45, 7) is 4.04. The molecule has 2 aromatic heterocycles. The van der Waals surface area contributed by atoms with Crippen LogP contribution in [0, 0.1) is 6.92 Å². The molecule has 148 valence electrons. The van der Waals surface area contributed by atoms with Gasteiger partial charge in [-0.1, -0.05) is 24.8 Å². The highest BCUT2D eigenvalue weighted by Crippen LogP contribution is 2.31. The number of nitrogens with zero attached hydrogens (tertiary/aromatic N) is 3.